The van der Waals surface area contributed by atoms with Crippen molar-refractivity contribution in [3.63, 3.8) is 0 Å². The quantitative estimate of drug-likeness (QED) is 0.583. The van der Waals surface area contributed by atoms with Gasteiger partial charge in [-0.3, -0.25) is 14.4 Å². The first-order valence-corrected chi connectivity index (χ1v) is 10.7. The Bertz CT molecular complexity index is 1100. The molecule has 0 saturated carbocycles. The molecule has 31 heavy (non-hydrogen) atoms. The predicted molar refractivity (Wildman–Crippen MR) is 117 cm³/mol. The highest BCUT2D eigenvalue weighted by molar-refractivity contribution is 7.10. The van der Waals surface area contributed by atoms with Crippen LogP contribution < -0.4 is 10.6 Å². The molecular weight excluding hydrogens is 414 g/mol. The predicted octanol–water partition coefficient (Wildman–Crippen LogP) is 2.81. The number of benzene rings is 1. The Morgan fingerprint density at radius 3 is 2.71 bits per heavy atom. The van der Waals surface area contributed by atoms with E-state index in [9.17, 15) is 14.4 Å². The van der Waals surface area contributed by atoms with E-state index >= 15 is 0 Å². The highest BCUT2D eigenvalue weighted by Gasteiger charge is 2.22. The number of thiophene rings is 1. The molecular formula is C23H21N3O4S. The zero-order chi connectivity index (χ0) is 21.6. The van der Waals surface area contributed by atoms with Gasteiger partial charge in [-0.2, -0.15) is 0 Å². The van der Waals surface area contributed by atoms with Gasteiger partial charge in [0.1, 0.15) is 11.5 Å². The number of rotatable bonds is 6. The number of hydrogen-bond acceptors (Lipinski definition) is 5. The zero-order valence-electron chi connectivity index (χ0n) is 16.7. The Morgan fingerprint density at radius 2 is 1.94 bits per heavy atom. The van der Waals surface area contributed by atoms with E-state index in [4.69, 9.17) is 4.42 Å². The molecule has 1 aliphatic heterocycles. The summed E-state index contributed by atoms with van der Waals surface area (Å²) in [6, 6.07) is 13.9. The fraction of sp³-hybridized carbons (Fsp3) is 0.174. The van der Waals surface area contributed by atoms with Crippen molar-refractivity contribution >= 4 is 35.1 Å². The van der Waals surface area contributed by atoms with Gasteiger partial charge in [0.2, 0.25) is 5.91 Å². The average Bonchev–Trinajstić information content (AvgIpc) is 3.48. The lowest BCUT2D eigenvalue weighted by Gasteiger charge is -2.27. The van der Waals surface area contributed by atoms with Gasteiger partial charge in [0.25, 0.3) is 11.8 Å². The number of hydrogen-bond donors (Lipinski definition) is 2. The van der Waals surface area contributed by atoms with Crippen LogP contribution in [-0.4, -0.2) is 35.7 Å². The van der Waals surface area contributed by atoms with Crippen molar-refractivity contribution < 1.29 is 18.8 Å². The molecule has 2 aromatic heterocycles. The summed E-state index contributed by atoms with van der Waals surface area (Å²) in [6.45, 7) is 1.02. The third kappa shape index (κ3) is 5.10. The minimum absolute atomic E-state index is 0.00429. The first-order chi connectivity index (χ1) is 15.1. The minimum Gasteiger partial charge on any atom is -0.465 e. The second kappa shape index (κ2) is 9.44. The maximum Gasteiger partial charge on any atom is 0.268 e. The van der Waals surface area contributed by atoms with Crippen LogP contribution in [-0.2, 0) is 22.6 Å². The summed E-state index contributed by atoms with van der Waals surface area (Å²) in [5.74, 6) is -0.758. The molecule has 3 aromatic rings. The first-order valence-electron chi connectivity index (χ1n) is 9.83. The summed E-state index contributed by atoms with van der Waals surface area (Å²) in [5, 5.41) is 7.25. The van der Waals surface area contributed by atoms with E-state index in [-0.39, 0.29) is 18.1 Å². The molecule has 0 spiro atoms. The molecule has 0 fully saturated rings. The van der Waals surface area contributed by atoms with Gasteiger partial charge in [0.15, 0.2) is 0 Å². The van der Waals surface area contributed by atoms with E-state index in [1.165, 1.54) is 17.2 Å². The third-order valence-electron chi connectivity index (χ3n) is 4.92. The Balaban J connectivity index is 1.41. The van der Waals surface area contributed by atoms with Crippen molar-refractivity contribution in [3.8, 4) is 0 Å². The Kier molecular flexibility index (Phi) is 6.28. The van der Waals surface area contributed by atoms with Crippen LogP contribution in [0.15, 0.2) is 70.3 Å². The first kappa shape index (κ1) is 20.6. The van der Waals surface area contributed by atoms with Crippen LogP contribution >= 0.6 is 11.3 Å². The molecule has 3 amide bonds. The zero-order valence-corrected chi connectivity index (χ0v) is 17.5. The van der Waals surface area contributed by atoms with Gasteiger partial charge in [-0.15, -0.1) is 11.3 Å². The lowest BCUT2D eigenvalue weighted by molar-refractivity contribution is -0.133. The average molecular weight is 436 g/mol. The largest absolute Gasteiger partial charge is 0.465 e. The Hall–Kier alpha value is -3.65. The van der Waals surface area contributed by atoms with Crippen molar-refractivity contribution in [2.24, 2.45) is 0 Å². The minimum atomic E-state index is -0.567. The number of nitrogens with zero attached hydrogens (tertiary/aromatic N) is 1. The molecule has 2 N–H and O–H groups in total. The summed E-state index contributed by atoms with van der Waals surface area (Å²) in [6.07, 6.45) is 3.72. The number of furan rings is 1. The number of fused-ring (bicyclic) bond motifs is 1. The van der Waals surface area contributed by atoms with E-state index in [1.807, 2.05) is 11.4 Å². The smallest absolute Gasteiger partial charge is 0.268 e. The Labute approximate surface area is 183 Å². The van der Waals surface area contributed by atoms with Crippen molar-refractivity contribution in [2.45, 2.75) is 13.0 Å². The van der Waals surface area contributed by atoms with Crippen molar-refractivity contribution in [1.29, 1.82) is 0 Å². The number of amides is 3. The fourth-order valence-corrected chi connectivity index (χ4v) is 4.17. The van der Waals surface area contributed by atoms with Crippen LogP contribution in [0.5, 0.6) is 0 Å². The van der Waals surface area contributed by atoms with Crippen LogP contribution in [0, 0.1) is 0 Å². The topological polar surface area (TPSA) is 91.7 Å². The van der Waals surface area contributed by atoms with Gasteiger partial charge < -0.3 is 20.0 Å². The molecule has 0 atom stereocenters. The number of carbonyl (C=O) groups is 3. The second-order valence-corrected chi connectivity index (χ2v) is 8.01. The molecule has 3 heterocycles. The van der Waals surface area contributed by atoms with Crippen molar-refractivity contribution in [2.75, 3.05) is 13.1 Å². The molecule has 0 saturated heterocycles. The molecule has 0 unspecified atom stereocenters. The number of nitrogens with one attached hydrogen (secondary N) is 2. The molecule has 4 rings (SSSR count). The van der Waals surface area contributed by atoms with E-state index in [2.05, 4.69) is 10.6 Å². The number of carbonyl (C=O) groups excluding carboxylic acids is 3. The van der Waals surface area contributed by atoms with Crippen LogP contribution in [0.3, 0.4) is 0 Å². The van der Waals surface area contributed by atoms with Crippen LogP contribution in [0.2, 0.25) is 0 Å². The van der Waals surface area contributed by atoms with Gasteiger partial charge in [-0.25, -0.2) is 0 Å². The SMILES string of the molecule is O=C(NCC(=O)N1CCc2sccc2C1)C(=Cc1ccco1)NC(=O)c1ccccc1. The molecule has 7 nitrogen and oxygen atoms in total. The van der Waals surface area contributed by atoms with E-state index in [0.29, 0.717) is 24.4 Å². The molecule has 1 aliphatic rings. The lowest BCUT2D eigenvalue weighted by Crippen LogP contribution is -2.44. The summed E-state index contributed by atoms with van der Waals surface area (Å²) in [7, 11) is 0. The van der Waals surface area contributed by atoms with Gasteiger partial charge in [0.05, 0.1) is 12.8 Å². The summed E-state index contributed by atoms with van der Waals surface area (Å²) < 4.78 is 5.27. The van der Waals surface area contributed by atoms with E-state index < -0.39 is 11.8 Å². The van der Waals surface area contributed by atoms with E-state index in [0.717, 1.165) is 12.0 Å². The standard InChI is InChI=1S/C23H21N3O4S/c27-21(26-10-8-20-17(15-26)9-12-31-20)14-24-23(29)19(13-18-7-4-11-30-18)25-22(28)16-5-2-1-3-6-16/h1-7,9,11-13H,8,10,14-15H2,(H,24,29)(H,25,28). The monoisotopic (exact) mass is 435 g/mol. The van der Waals surface area contributed by atoms with E-state index in [1.54, 1.807) is 58.7 Å². The van der Waals surface area contributed by atoms with Crippen molar-refractivity contribution in [3.05, 3.63) is 87.6 Å². The maximum absolute atomic E-state index is 12.8. The molecule has 1 aromatic carbocycles. The lowest BCUT2D eigenvalue weighted by atomic mass is 10.1. The molecule has 158 valence electrons. The molecule has 0 aliphatic carbocycles. The highest BCUT2D eigenvalue weighted by atomic mass is 32.1. The molecule has 0 radical (unpaired) electrons. The van der Waals surface area contributed by atoms with Gasteiger partial charge in [-0.1, -0.05) is 18.2 Å². The van der Waals surface area contributed by atoms with Gasteiger partial charge in [-0.05, 0) is 47.7 Å². The molecule has 0 bridgehead atoms. The Morgan fingerprint density at radius 1 is 1.10 bits per heavy atom. The van der Waals surface area contributed by atoms with Crippen LogP contribution in [0.25, 0.3) is 6.08 Å². The van der Waals surface area contributed by atoms with Gasteiger partial charge >= 0.3 is 0 Å². The third-order valence-corrected chi connectivity index (χ3v) is 5.94. The fourth-order valence-electron chi connectivity index (χ4n) is 3.28. The van der Waals surface area contributed by atoms with Crippen molar-refractivity contribution in [1.82, 2.24) is 15.5 Å². The van der Waals surface area contributed by atoms with Crippen LogP contribution in [0.1, 0.15) is 26.6 Å². The van der Waals surface area contributed by atoms with Gasteiger partial charge in [0, 0.05) is 29.6 Å². The summed E-state index contributed by atoms with van der Waals surface area (Å²) in [4.78, 5) is 40.9. The highest BCUT2D eigenvalue weighted by Crippen LogP contribution is 2.23. The normalized spacial score (nSPS) is 13.4. The maximum atomic E-state index is 12.8. The summed E-state index contributed by atoms with van der Waals surface area (Å²) >= 11 is 1.70. The van der Waals surface area contributed by atoms with Crippen LogP contribution in [0.4, 0.5) is 0 Å². The summed E-state index contributed by atoms with van der Waals surface area (Å²) in [5.41, 5.74) is 1.57. The molecule has 8 heteroatoms. The second-order valence-electron chi connectivity index (χ2n) is 7.01.